The van der Waals surface area contributed by atoms with Gasteiger partial charge in [0.25, 0.3) is 11.4 Å². The number of ether oxygens (including phenoxy) is 1. The highest BCUT2D eigenvalue weighted by molar-refractivity contribution is 5.93. The minimum absolute atomic E-state index is 0.0111. The van der Waals surface area contributed by atoms with Gasteiger partial charge in [0.2, 0.25) is 5.91 Å². The van der Waals surface area contributed by atoms with E-state index in [4.69, 9.17) is 10.5 Å². The SMILES string of the molecule is Cc1c(OCc2ccc(C(N)=O)cc2[N+](=O)[O-])cccc1[N+](=O)[O-]. The number of hydrogen-bond donors (Lipinski definition) is 1. The molecule has 0 aromatic heterocycles. The number of hydrogen-bond acceptors (Lipinski definition) is 6. The molecular weight excluding hydrogens is 318 g/mol. The van der Waals surface area contributed by atoms with E-state index in [1.807, 2.05) is 0 Å². The topological polar surface area (TPSA) is 139 Å². The Kier molecular flexibility index (Phi) is 4.73. The zero-order valence-corrected chi connectivity index (χ0v) is 12.6. The lowest BCUT2D eigenvalue weighted by molar-refractivity contribution is -0.385. The molecule has 0 aliphatic rings. The Balaban J connectivity index is 2.30. The van der Waals surface area contributed by atoms with Crippen molar-refractivity contribution in [2.24, 2.45) is 5.73 Å². The smallest absolute Gasteiger partial charge is 0.276 e. The summed E-state index contributed by atoms with van der Waals surface area (Å²) < 4.78 is 5.48. The Labute approximate surface area is 136 Å². The van der Waals surface area contributed by atoms with Crippen LogP contribution in [0.1, 0.15) is 21.5 Å². The first kappa shape index (κ1) is 16.9. The minimum Gasteiger partial charge on any atom is -0.488 e. The predicted octanol–water partition coefficient (Wildman–Crippen LogP) is 2.49. The fraction of sp³-hybridized carbons (Fsp3) is 0.133. The number of benzene rings is 2. The van der Waals surface area contributed by atoms with Gasteiger partial charge < -0.3 is 10.5 Å². The summed E-state index contributed by atoms with van der Waals surface area (Å²) in [5.74, 6) is -0.530. The van der Waals surface area contributed by atoms with Crippen LogP contribution in [0.15, 0.2) is 36.4 Å². The molecule has 2 aromatic rings. The van der Waals surface area contributed by atoms with E-state index in [1.54, 1.807) is 0 Å². The van der Waals surface area contributed by atoms with E-state index in [2.05, 4.69) is 0 Å². The van der Waals surface area contributed by atoms with Crippen molar-refractivity contribution in [2.75, 3.05) is 0 Å². The highest BCUT2D eigenvalue weighted by Gasteiger charge is 2.19. The van der Waals surface area contributed by atoms with E-state index in [1.165, 1.54) is 37.3 Å². The first-order chi connectivity index (χ1) is 11.3. The first-order valence-electron chi connectivity index (χ1n) is 6.75. The lowest BCUT2D eigenvalue weighted by Crippen LogP contribution is -2.12. The normalized spacial score (nSPS) is 10.2. The van der Waals surface area contributed by atoms with Gasteiger partial charge in [-0.1, -0.05) is 6.07 Å². The quantitative estimate of drug-likeness (QED) is 0.637. The molecule has 0 heterocycles. The average molecular weight is 331 g/mol. The fourth-order valence-corrected chi connectivity index (χ4v) is 2.12. The second kappa shape index (κ2) is 6.73. The van der Waals surface area contributed by atoms with Gasteiger partial charge in [0.15, 0.2) is 0 Å². The van der Waals surface area contributed by atoms with Gasteiger partial charge in [0.05, 0.1) is 21.0 Å². The molecule has 1 amide bonds. The van der Waals surface area contributed by atoms with Gasteiger partial charge in [-0.05, 0) is 25.1 Å². The van der Waals surface area contributed by atoms with Gasteiger partial charge in [0.1, 0.15) is 12.4 Å². The van der Waals surface area contributed by atoms with Gasteiger partial charge in [-0.3, -0.25) is 25.0 Å². The summed E-state index contributed by atoms with van der Waals surface area (Å²) in [5.41, 5.74) is 5.24. The third-order valence-corrected chi connectivity index (χ3v) is 3.40. The molecule has 2 rings (SSSR count). The molecule has 0 atom stereocenters. The van der Waals surface area contributed by atoms with Crippen molar-refractivity contribution in [3.8, 4) is 5.75 Å². The van der Waals surface area contributed by atoms with Crippen molar-refractivity contribution in [2.45, 2.75) is 13.5 Å². The van der Waals surface area contributed by atoms with Crippen molar-refractivity contribution < 1.29 is 19.4 Å². The van der Waals surface area contributed by atoms with Crippen molar-refractivity contribution in [1.82, 2.24) is 0 Å². The Hall–Kier alpha value is -3.49. The van der Waals surface area contributed by atoms with Crippen LogP contribution in [-0.2, 0) is 6.61 Å². The number of nitrogens with two attached hydrogens (primary N) is 1. The number of nitrogens with zero attached hydrogens (tertiary/aromatic N) is 2. The molecule has 0 saturated carbocycles. The van der Waals surface area contributed by atoms with Crippen LogP contribution in [0.25, 0.3) is 0 Å². The second-order valence-electron chi connectivity index (χ2n) is 4.91. The van der Waals surface area contributed by atoms with Crippen LogP contribution in [-0.4, -0.2) is 15.8 Å². The standard InChI is InChI=1S/C15H13N3O6/c1-9-12(17(20)21)3-2-4-14(9)24-8-11-6-5-10(15(16)19)7-13(11)18(22)23/h2-7H,8H2,1H3,(H2,16,19). The molecule has 0 radical (unpaired) electrons. The van der Waals surface area contributed by atoms with Gasteiger partial charge in [-0.25, -0.2) is 0 Å². The Bertz CT molecular complexity index is 834. The molecule has 0 saturated heterocycles. The highest BCUT2D eigenvalue weighted by Crippen LogP contribution is 2.29. The lowest BCUT2D eigenvalue weighted by Gasteiger charge is -2.10. The molecule has 9 nitrogen and oxygen atoms in total. The molecule has 0 unspecified atom stereocenters. The molecule has 9 heteroatoms. The van der Waals surface area contributed by atoms with Crippen LogP contribution in [0.2, 0.25) is 0 Å². The maximum absolute atomic E-state index is 11.1. The molecular formula is C15H13N3O6. The van der Waals surface area contributed by atoms with Crippen LogP contribution in [0.3, 0.4) is 0 Å². The van der Waals surface area contributed by atoms with Gasteiger partial charge in [-0.15, -0.1) is 0 Å². The van der Waals surface area contributed by atoms with E-state index >= 15 is 0 Å². The molecule has 0 aliphatic carbocycles. The van der Waals surface area contributed by atoms with Crippen molar-refractivity contribution in [3.05, 3.63) is 73.3 Å². The Morgan fingerprint density at radius 3 is 2.38 bits per heavy atom. The second-order valence-corrected chi connectivity index (χ2v) is 4.91. The predicted molar refractivity (Wildman–Crippen MR) is 83.8 cm³/mol. The molecule has 24 heavy (non-hydrogen) atoms. The van der Waals surface area contributed by atoms with Gasteiger partial charge >= 0.3 is 0 Å². The van der Waals surface area contributed by atoms with Crippen LogP contribution >= 0.6 is 0 Å². The zero-order valence-electron chi connectivity index (χ0n) is 12.6. The van der Waals surface area contributed by atoms with Gasteiger partial charge in [0, 0.05) is 17.7 Å². The number of rotatable bonds is 6. The zero-order chi connectivity index (χ0) is 17.9. The molecule has 124 valence electrons. The van der Waals surface area contributed by atoms with E-state index in [0.29, 0.717) is 5.56 Å². The third-order valence-electron chi connectivity index (χ3n) is 3.40. The van der Waals surface area contributed by atoms with E-state index in [-0.39, 0.29) is 34.9 Å². The third kappa shape index (κ3) is 3.46. The summed E-state index contributed by atoms with van der Waals surface area (Å²) >= 11 is 0. The minimum atomic E-state index is -0.778. The molecule has 2 aromatic carbocycles. The summed E-state index contributed by atoms with van der Waals surface area (Å²) in [6.45, 7) is 1.34. The summed E-state index contributed by atoms with van der Waals surface area (Å²) in [6.07, 6.45) is 0. The van der Waals surface area contributed by atoms with E-state index in [0.717, 1.165) is 6.07 Å². The number of nitro groups is 2. The van der Waals surface area contributed by atoms with E-state index < -0.39 is 15.8 Å². The fourth-order valence-electron chi connectivity index (χ4n) is 2.12. The summed E-state index contributed by atoms with van der Waals surface area (Å²) in [6, 6.07) is 8.13. The number of primary amides is 1. The molecule has 0 aliphatic heterocycles. The number of amides is 1. The van der Waals surface area contributed by atoms with Crippen molar-refractivity contribution in [3.63, 3.8) is 0 Å². The molecule has 2 N–H and O–H groups in total. The first-order valence-corrected chi connectivity index (χ1v) is 6.75. The van der Waals surface area contributed by atoms with Crippen LogP contribution in [0.4, 0.5) is 11.4 Å². The van der Waals surface area contributed by atoms with Crippen molar-refractivity contribution in [1.29, 1.82) is 0 Å². The number of carbonyl (C=O) groups excluding carboxylic acids is 1. The van der Waals surface area contributed by atoms with Gasteiger partial charge in [-0.2, -0.15) is 0 Å². The van der Waals surface area contributed by atoms with Crippen molar-refractivity contribution >= 4 is 17.3 Å². The molecule has 0 bridgehead atoms. The number of nitro benzene ring substituents is 2. The number of carbonyl (C=O) groups is 1. The maximum Gasteiger partial charge on any atom is 0.276 e. The van der Waals surface area contributed by atoms with Crippen LogP contribution in [0.5, 0.6) is 5.75 Å². The molecule has 0 spiro atoms. The average Bonchev–Trinajstić information content (AvgIpc) is 2.53. The lowest BCUT2D eigenvalue weighted by atomic mass is 10.1. The molecule has 0 fully saturated rings. The van der Waals surface area contributed by atoms with E-state index in [9.17, 15) is 25.0 Å². The monoisotopic (exact) mass is 331 g/mol. The van der Waals surface area contributed by atoms with Crippen LogP contribution in [0, 0.1) is 27.2 Å². The Morgan fingerprint density at radius 2 is 1.79 bits per heavy atom. The summed E-state index contributed by atoms with van der Waals surface area (Å²) in [5, 5.41) is 22.0. The highest BCUT2D eigenvalue weighted by atomic mass is 16.6. The summed E-state index contributed by atoms with van der Waals surface area (Å²) in [7, 11) is 0. The summed E-state index contributed by atoms with van der Waals surface area (Å²) in [4.78, 5) is 32.0. The van der Waals surface area contributed by atoms with Crippen LogP contribution < -0.4 is 10.5 Å². The Morgan fingerprint density at radius 1 is 1.12 bits per heavy atom. The largest absolute Gasteiger partial charge is 0.488 e. The maximum atomic E-state index is 11.1.